The molecule has 0 aliphatic carbocycles. The number of hydrogen-bond donors (Lipinski definition) is 2. The summed E-state index contributed by atoms with van der Waals surface area (Å²) in [5.41, 5.74) is 1.80. The van der Waals surface area contributed by atoms with Crippen molar-refractivity contribution in [3.05, 3.63) is 76.8 Å². The van der Waals surface area contributed by atoms with Crippen LogP contribution in [0, 0.1) is 6.92 Å². The molecule has 0 bridgehead atoms. The van der Waals surface area contributed by atoms with Crippen LogP contribution in [0.25, 0.3) is 5.69 Å². The van der Waals surface area contributed by atoms with Gasteiger partial charge in [0.15, 0.2) is 0 Å². The first-order valence-electron chi connectivity index (χ1n) is 8.22. The fourth-order valence-corrected chi connectivity index (χ4v) is 2.75. The highest BCUT2D eigenvalue weighted by molar-refractivity contribution is 6.30. The molecule has 2 N–H and O–H groups in total. The molecule has 0 fully saturated rings. The zero-order valence-electron chi connectivity index (χ0n) is 14.3. The van der Waals surface area contributed by atoms with Crippen LogP contribution in [0.4, 0.5) is 0 Å². The molecule has 26 heavy (non-hydrogen) atoms. The topological polar surface area (TPSA) is 80.0 Å². The molecule has 1 heterocycles. The number of hydrogen-bond acceptors (Lipinski definition) is 4. The van der Waals surface area contributed by atoms with Gasteiger partial charge in [-0.15, -0.1) is 5.10 Å². The SMILES string of the molecule is Cc1nc(C(=O)N[C@H](CO)Cc2ccccc2)nn1-c1ccc(Cl)cc1. The van der Waals surface area contributed by atoms with Gasteiger partial charge < -0.3 is 10.4 Å². The van der Waals surface area contributed by atoms with E-state index in [1.54, 1.807) is 35.9 Å². The van der Waals surface area contributed by atoms with Crippen molar-refractivity contribution < 1.29 is 9.90 Å². The molecule has 3 rings (SSSR count). The summed E-state index contributed by atoms with van der Waals surface area (Å²) in [6, 6.07) is 16.4. The number of halogens is 1. The molecular weight excluding hydrogens is 352 g/mol. The number of aliphatic hydroxyl groups excluding tert-OH is 1. The Kier molecular flexibility index (Phi) is 5.65. The number of aromatic nitrogens is 3. The van der Waals surface area contributed by atoms with E-state index in [1.807, 2.05) is 30.3 Å². The van der Waals surface area contributed by atoms with E-state index >= 15 is 0 Å². The summed E-state index contributed by atoms with van der Waals surface area (Å²) in [4.78, 5) is 16.7. The van der Waals surface area contributed by atoms with Crippen molar-refractivity contribution in [2.24, 2.45) is 0 Å². The fraction of sp³-hybridized carbons (Fsp3) is 0.211. The lowest BCUT2D eigenvalue weighted by Crippen LogP contribution is -2.39. The number of nitrogens with zero attached hydrogens (tertiary/aromatic N) is 3. The first-order chi connectivity index (χ1) is 12.6. The largest absolute Gasteiger partial charge is 0.394 e. The molecule has 6 nitrogen and oxygen atoms in total. The van der Waals surface area contributed by atoms with Gasteiger partial charge in [0, 0.05) is 5.02 Å². The molecular formula is C19H19ClN4O2. The van der Waals surface area contributed by atoms with Crippen LogP contribution < -0.4 is 5.32 Å². The van der Waals surface area contributed by atoms with Crippen molar-refractivity contribution >= 4 is 17.5 Å². The summed E-state index contributed by atoms with van der Waals surface area (Å²) < 4.78 is 1.58. The van der Waals surface area contributed by atoms with E-state index in [9.17, 15) is 9.90 Å². The molecule has 0 saturated carbocycles. The molecule has 0 saturated heterocycles. The highest BCUT2D eigenvalue weighted by Gasteiger charge is 2.19. The van der Waals surface area contributed by atoms with Crippen molar-refractivity contribution in [1.82, 2.24) is 20.1 Å². The number of aryl methyl sites for hydroxylation is 1. The van der Waals surface area contributed by atoms with Crippen LogP contribution in [0.2, 0.25) is 5.02 Å². The molecule has 1 amide bonds. The monoisotopic (exact) mass is 370 g/mol. The van der Waals surface area contributed by atoms with E-state index in [4.69, 9.17) is 11.6 Å². The quantitative estimate of drug-likeness (QED) is 0.698. The third kappa shape index (κ3) is 4.28. The summed E-state index contributed by atoms with van der Waals surface area (Å²) >= 11 is 5.90. The zero-order valence-corrected chi connectivity index (χ0v) is 15.0. The Hall–Kier alpha value is -2.70. The number of nitrogens with one attached hydrogen (secondary N) is 1. The minimum atomic E-state index is -0.421. The Morgan fingerprint density at radius 3 is 2.54 bits per heavy atom. The van der Waals surface area contributed by atoms with Gasteiger partial charge in [-0.3, -0.25) is 4.79 Å². The standard InChI is InChI=1S/C19H19ClN4O2/c1-13-21-18(23-24(13)17-9-7-15(20)8-10-17)19(26)22-16(12-25)11-14-5-3-2-4-6-14/h2-10,16,25H,11-12H2,1H3,(H,22,26)/t16-/m0/s1. The molecule has 0 spiro atoms. The van der Waals surface area contributed by atoms with Crippen molar-refractivity contribution in [1.29, 1.82) is 0 Å². The predicted molar refractivity (Wildman–Crippen MR) is 99.6 cm³/mol. The average Bonchev–Trinajstić information content (AvgIpc) is 3.04. The van der Waals surface area contributed by atoms with Crippen molar-refractivity contribution in [3.63, 3.8) is 0 Å². The van der Waals surface area contributed by atoms with Crippen LogP contribution in [0.15, 0.2) is 54.6 Å². The van der Waals surface area contributed by atoms with Gasteiger partial charge in [0.05, 0.1) is 18.3 Å². The first-order valence-corrected chi connectivity index (χ1v) is 8.60. The second-order valence-corrected chi connectivity index (χ2v) is 6.35. The van der Waals surface area contributed by atoms with E-state index in [0.29, 0.717) is 17.3 Å². The maximum Gasteiger partial charge on any atom is 0.291 e. The molecule has 0 aliphatic heterocycles. The van der Waals surface area contributed by atoms with Crippen LogP contribution in [-0.2, 0) is 6.42 Å². The van der Waals surface area contributed by atoms with Gasteiger partial charge >= 0.3 is 0 Å². The molecule has 1 aromatic heterocycles. The van der Waals surface area contributed by atoms with Gasteiger partial charge in [0.2, 0.25) is 5.82 Å². The molecule has 0 radical (unpaired) electrons. The second-order valence-electron chi connectivity index (χ2n) is 5.91. The third-order valence-electron chi connectivity index (χ3n) is 3.92. The number of carbonyl (C=O) groups is 1. The van der Waals surface area contributed by atoms with Gasteiger partial charge in [0.1, 0.15) is 5.82 Å². The summed E-state index contributed by atoms with van der Waals surface area (Å²) in [6.07, 6.45) is 0.528. The molecule has 2 aromatic carbocycles. The second kappa shape index (κ2) is 8.12. The van der Waals surface area contributed by atoms with E-state index in [0.717, 1.165) is 11.3 Å². The number of carbonyl (C=O) groups excluding carboxylic acids is 1. The molecule has 0 aliphatic rings. The lowest BCUT2D eigenvalue weighted by Gasteiger charge is -2.15. The maximum absolute atomic E-state index is 12.5. The van der Waals surface area contributed by atoms with Crippen molar-refractivity contribution in [2.45, 2.75) is 19.4 Å². The fourth-order valence-electron chi connectivity index (χ4n) is 2.62. The Labute approximate surface area is 156 Å². The normalized spacial score (nSPS) is 12.0. The average molecular weight is 371 g/mol. The van der Waals surface area contributed by atoms with Crippen LogP contribution >= 0.6 is 11.6 Å². The number of benzene rings is 2. The van der Waals surface area contributed by atoms with Crippen LogP contribution in [0.1, 0.15) is 22.0 Å². The highest BCUT2D eigenvalue weighted by atomic mass is 35.5. The van der Waals surface area contributed by atoms with Crippen LogP contribution in [0.3, 0.4) is 0 Å². The Morgan fingerprint density at radius 1 is 1.19 bits per heavy atom. The van der Waals surface area contributed by atoms with Gasteiger partial charge in [0.25, 0.3) is 5.91 Å². The van der Waals surface area contributed by atoms with Gasteiger partial charge in [-0.1, -0.05) is 41.9 Å². The number of amides is 1. The summed E-state index contributed by atoms with van der Waals surface area (Å²) in [6.45, 7) is 1.60. The van der Waals surface area contributed by atoms with Gasteiger partial charge in [-0.05, 0) is 43.2 Å². The first kappa shape index (κ1) is 18.1. The summed E-state index contributed by atoms with van der Waals surface area (Å²) in [5, 5.41) is 17.3. The van der Waals surface area contributed by atoms with E-state index in [-0.39, 0.29) is 12.4 Å². The van der Waals surface area contributed by atoms with Gasteiger partial charge in [-0.2, -0.15) is 0 Å². The maximum atomic E-state index is 12.5. The van der Waals surface area contributed by atoms with E-state index in [2.05, 4.69) is 15.4 Å². The lowest BCUT2D eigenvalue weighted by atomic mass is 10.1. The number of aliphatic hydroxyl groups is 1. The van der Waals surface area contributed by atoms with E-state index < -0.39 is 11.9 Å². The molecule has 134 valence electrons. The third-order valence-corrected chi connectivity index (χ3v) is 4.18. The Bertz CT molecular complexity index is 878. The zero-order chi connectivity index (χ0) is 18.5. The molecule has 7 heteroatoms. The Morgan fingerprint density at radius 2 is 1.88 bits per heavy atom. The van der Waals surface area contributed by atoms with Crippen molar-refractivity contribution in [3.8, 4) is 5.69 Å². The predicted octanol–water partition coefficient (Wildman–Crippen LogP) is 2.56. The Balaban J connectivity index is 1.73. The minimum absolute atomic E-state index is 0.0592. The summed E-state index contributed by atoms with van der Waals surface area (Å²) in [7, 11) is 0. The molecule has 0 unspecified atom stereocenters. The van der Waals surface area contributed by atoms with E-state index in [1.165, 1.54) is 0 Å². The van der Waals surface area contributed by atoms with Crippen LogP contribution in [-0.4, -0.2) is 38.4 Å². The molecule has 1 atom stereocenters. The van der Waals surface area contributed by atoms with Crippen LogP contribution in [0.5, 0.6) is 0 Å². The van der Waals surface area contributed by atoms with Crippen molar-refractivity contribution in [2.75, 3.05) is 6.61 Å². The smallest absolute Gasteiger partial charge is 0.291 e. The van der Waals surface area contributed by atoms with Gasteiger partial charge in [-0.25, -0.2) is 9.67 Å². The molecule has 3 aromatic rings. The summed E-state index contributed by atoms with van der Waals surface area (Å²) in [5.74, 6) is 0.223. The number of rotatable bonds is 6. The highest BCUT2D eigenvalue weighted by Crippen LogP contribution is 2.14. The lowest BCUT2D eigenvalue weighted by molar-refractivity contribution is 0.0906. The minimum Gasteiger partial charge on any atom is -0.394 e.